The molecule has 0 radical (unpaired) electrons. The van der Waals surface area contributed by atoms with Crippen LogP contribution in [0, 0.1) is 12.7 Å². The summed E-state index contributed by atoms with van der Waals surface area (Å²) < 4.78 is 40.3. The summed E-state index contributed by atoms with van der Waals surface area (Å²) in [5.41, 5.74) is 2.13. The number of halogens is 1. The maximum Gasteiger partial charge on any atom is 0.244 e. The van der Waals surface area contributed by atoms with E-state index in [4.69, 9.17) is 0 Å². The first-order chi connectivity index (χ1) is 18.2. The van der Waals surface area contributed by atoms with Gasteiger partial charge in [-0.05, 0) is 57.0 Å². The number of hydrogen-bond donors (Lipinski definition) is 1. The highest BCUT2D eigenvalue weighted by Gasteiger charge is 2.34. The first kappa shape index (κ1) is 29.8. The fraction of sp³-hybridized carbons (Fsp3) is 0.333. The van der Waals surface area contributed by atoms with Crippen molar-refractivity contribution in [2.75, 3.05) is 17.1 Å². The summed E-state index contributed by atoms with van der Waals surface area (Å²) in [5.74, 6) is -1.57. The van der Waals surface area contributed by atoms with Crippen molar-refractivity contribution >= 4 is 27.5 Å². The third-order valence-corrected chi connectivity index (χ3v) is 7.16. The Bertz CT molecular complexity index is 1390. The van der Waals surface area contributed by atoms with Crippen molar-refractivity contribution in [3.05, 3.63) is 101 Å². The predicted octanol–water partition coefficient (Wildman–Crippen LogP) is 4.45. The van der Waals surface area contributed by atoms with E-state index in [2.05, 4.69) is 5.32 Å². The Balaban J connectivity index is 2.07. The van der Waals surface area contributed by atoms with E-state index in [0.717, 1.165) is 33.3 Å². The third-order valence-electron chi connectivity index (χ3n) is 6.02. The number of aryl methyl sites for hydroxylation is 1. The van der Waals surface area contributed by atoms with Gasteiger partial charge in [0.15, 0.2) is 0 Å². The van der Waals surface area contributed by atoms with Crippen LogP contribution < -0.4 is 9.62 Å². The average molecular weight is 554 g/mol. The van der Waals surface area contributed by atoms with E-state index in [1.54, 1.807) is 0 Å². The highest BCUT2D eigenvalue weighted by Crippen LogP contribution is 2.21. The van der Waals surface area contributed by atoms with Gasteiger partial charge in [-0.25, -0.2) is 12.8 Å². The van der Waals surface area contributed by atoms with Crippen LogP contribution in [0.1, 0.15) is 37.5 Å². The molecule has 0 aliphatic heterocycles. The lowest BCUT2D eigenvalue weighted by Crippen LogP contribution is -2.56. The Morgan fingerprint density at radius 1 is 0.923 bits per heavy atom. The number of carbonyl (C=O) groups excluding carboxylic acids is 2. The maximum atomic E-state index is 14.0. The number of nitrogens with one attached hydrogen (secondary N) is 1. The van der Waals surface area contributed by atoms with Crippen molar-refractivity contribution in [3.8, 4) is 0 Å². The Morgan fingerprint density at radius 3 is 2.13 bits per heavy atom. The van der Waals surface area contributed by atoms with Crippen LogP contribution in [0.3, 0.4) is 0 Å². The van der Waals surface area contributed by atoms with Crippen LogP contribution in [0.15, 0.2) is 78.9 Å². The summed E-state index contributed by atoms with van der Waals surface area (Å²) in [5, 5.41) is 2.98. The first-order valence-corrected chi connectivity index (χ1v) is 14.5. The Morgan fingerprint density at radius 2 is 1.56 bits per heavy atom. The molecule has 0 aliphatic carbocycles. The lowest BCUT2D eigenvalue weighted by atomic mass is 10.0. The van der Waals surface area contributed by atoms with E-state index in [9.17, 15) is 22.4 Å². The van der Waals surface area contributed by atoms with Gasteiger partial charge >= 0.3 is 0 Å². The summed E-state index contributed by atoms with van der Waals surface area (Å²) in [4.78, 5) is 29.1. The third kappa shape index (κ3) is 8.92. The summed E-state index contributed by atoms with van der Waals surface area (Å²) >= 11 is 0. The zero-order valence-electron chi connectivity index (χ0n) is 23.0. The zero-order chi connectivity index (χ0) is 28.8. The molecule has 2 amide bonds. The highest BCUT2D eigenvalue weighted by molar-refractivity contribution is 7.92. The van der Waals surface area contributed by atoms with Crippen molar-refractivity contribution < 1.29 is 22.4 Å². The minimum absolute atomic E-state index is 0.0277. The van der Waals surface area contributed by atoms with Gasteiger partial charge in [0.25, 0.3) is 0 Å². The zero-order valence-corrected chi connectivity index (χ0v) is 23.8. The molecule has 1 N–H and O–H groups in total. The van der Waals surface area contributed by atoms with Gasteiger partial charge in [0, 0.05) is 18.5 Å². The van der Waals surface area contributed by atoms with Gasteiger partial charge in [-0.2, -0.15) is 0 Å². The molecule has 0 bridgehead atoms. The number of rotatable bonds is 10. The predicted molar refractivity (Wildman–Crippen MR) is 152 cm³/mol. The molecule has 208 valence electrons. The molecule has 0 unspecified atom stereocenters. The average Bonchev–Trinajstić information content (AvgIpc) is 2.84. The monoisotopic (exact) mass is 553 g/mol. The second-order valence-corrected chi connectivity index (χ2v) is 12.6. The summed E-state index contributed by atoms with van der Waals surface area (Å²) in [6.07, 6.45) is 1.18. The van der Waals surface area contributed by atoms with Crippen LogP contribution >= 0.6 is 0 Å². The molecule has 0 heterocycles. The molecular formula is C30H36FN3O4S. The van der Waals surface area contributed by atoms with Crippen molar-refractivity contribution in [1.29, 1.82) is 0 Å². The number of nitrogens with zero attached hydrogens (tertiary/aromatic N) is 2. The Labute approximate surface area is 230 Å². The minimum atomic E-state index is -3.96. The van der Waals surface area contributed by atoms with Crippen molar-refractivity contribution in [2.24, 2.45) is 0 Å². The fourth-order valence-corrected chi connectivity index (χ4v) is 4.98. The van der Waals surface area contributed by atoms with Crippen LogP contribution in [0.25, 0.3) is 0 Å². The lowest BCUT2D eigenvalue weighted by molar-refractivity contribution is -0.140. The molecule has 0 fully saturated rings. The molecular weight excluding hydrogens is 517 g/mol. The van der Waals surface area contributed by atoms with Gasteiger partial charge in [-0.3, -0.25) is 13.9 Å². The number of benzene rings is 3. The highest BCUT2D eigenvalue weighted by atomic mass is 32.2. The van der Waals surface area contributed by atoms with Crippen LogP contribution in [-0.4, -0.2) is 49.5 Å². The molecule has 3 rings (SSSR count). The van der Waals surface area contributed by atoms with Gasteiger partial charge in [0.2, 0.25) is 21.8 Å². The van der Waals surface area contributed by atoms with E-state index in [0.29, 0.717) is 0 Å². The topological polar surface area (TPSA) is 86.8 Å². The molecule has 0 aromatic heterocycles. The van der Waals surface area contributed by atoms with Crippen LogP contribution in [0.5, 0.6) is 0 Å². The molecule has 3 aromatic rings. The van der Waals surface area contributed by atoms with E-state index in [-0.39, 0.29) is 24.6 Å². The molecule has 0 saturated heterocycles. The molecule has 9 heteroatoms. The number of sulfonamides is 1. The standard InChI is InChI=1S/C30H36FN3O4S/c1-22-14-16-24(17-15-22)20-33(27(29(36)32-30(2,3)4)18-23-10-7-6-8-11-23)28(35)21-34(39(5,37)38)26-13-9-12-25(31)19-26/h6-17,19,27H,18,20-21H2,1-5H3,(H,32,36)/t27-/m0/s1. The van der Waals surface area contributed by atoms with Crippen molar-refractivity contribution in [3.63, 3.8) is 0 Å². The normalized spacial score (nSPS) is 12.5. The minimum Gasteiger partial charge on any atom is -0.350 e. The molecule has 0 aliphatic rings. The largest absolute Gasteiger partial charge is 0.350 e. The van der Waals surface area contributed by atoms with Crippen LogP contribution in [-0.2, 0) is 32.6 Å². The number of hydrogen-bond acceptors (Lipinski definition) is 4. The van der Waals surface area contributed by atoms with Gasteiger partial charge in [-0.1, -0.05) is 66.2 Å². The Kier molecular flexibility index (Phi) is 9.50. The van der Waals surface area contributed by atoms with Gasteiger partial charge < -0.3 is 10.2 Å². The van der Waals surface area contributed by atoms with Gasteiger partial charge in [0.1, 0.15) is 18.4 Å². The maximum absolute atomic E-state index is 14.0. The summed E-state index contributed by atoms with van der Waals surface area (Å²) in [7, 11) is -3.96. The van der Waals surface area contributed by atoms with Crippen LogP contribution in [0.4, 0.5) is 10.1 Å². The lowest BCUT2D eigenvalue weighted by Gasteiger charge is -2.35. The van der Waals surface area contributed by atoms with Gasteiger partial charge in [-0.15, -0.1) is 0 Å². The fourth-order valence-electron chi connectivity index (χ4n) is 4.14. The Hall–Kier alpha value is -3.72. The van der Waals surface area contributed by atoms with E-state index < -0.39 is 39.9 Å². The van der Waals surface area contributed by atoms with Crippen molar-refractivity contribution in [2.45, 2.75) is 52.2 Å². The molecule has 1 atom stereocenters. The molecule has 0 spiro atoms. The smallest absolute Gasteiger partial charge is 0.244 e. The van der Waals surface area contributed by atoms with E-state index >= 15 is 0 Å². The molecule has 0 saturated carbocycles. The van der Waals surface area contributed by atoms with Crippen molar-refractivity contribution in [1.82, 2.24) is 10.2 Å². The second-order valence-electron chi connectivity index (χ2n) is 10.7. The second kappa shape index (κ2) is 12.4. The van der Waals surface area contributed by atoms with E-state index in [1.165, 1.54) is 23.1 Å². The SMILES string of the molecule is Cc1ccc(CN(C(=O)CN(c2cccc(F)c2)S(C)(=O)=O)[C@@H](Cc2ccccc2)C(=O)NC(C)(C)C)cc1. The quantitative estimate of drug-likeness (QED) is 0.402. The molecule has 7 nitrogen and oxygen atoms in total. The molecule has 3 aromatic carbocycles. The summed E-state index contributed by atoms with van der Waals surface area (Å²) in [6.45, 7) is 6.99. The van der Waals surface area contributed by atoms with Crippen LogP contribution in [0.2, 0.25) is 0 Å². The summed E-state index contributed by atoms with van der Waals surface area (Å²) in [6, 6.07) is 21.0. The number of anilines is 1. The number of carbonyl (C=O) groups is 2. The van der Waals surface area contributed by atoms with E-state index in [1.807, 2.05) is 82.3 Å². The van der Waals surface area contributed by atoms with Gasteiger partial charge in [0.05, 0.1) is 11.9 Å². The number of amides is 2. The molecule has 39 heavy (non-hydrogen) atoms. The first-order valence-electron chi connectivity index (χ1n) is 12.7.